The van der Waals surface area contributed by atoms with Crippen molar-refractivity contribution in [3.8, 4) is 11.5 Å². The standard InChI is InChI=1S/C16H16N2O2/c1-19-12-7-8-13-11(9-12)10-17-18-16(13)14-5-3-4-6-15(14)20-2/h3-9,17H,10H2,1-2H3. The fraction of sp³-hybridized carbons (Fsp3) is 0.188. The number of hydrogen-bond acceptors (Lipinski definition) is 4. The van der Waals surface area contributed by atoms with E-state index in [1.807, 2.05) is 42.5 Å². The van der Waals surface area contributed by atoms with E-state index in [0.717, 1.165) is 28.3 Å². The van der Waals surface area contributed by atoms with Gasteiger partial charge in [-0.1, -0.05) is 12.1 Å². The summed E-state index contributed by atoms with van der Waals surface area (Å²) in [6, 6.07) is 13.9. The van der Waals surface area contributed by atoms with Crippen LogP contribution in [-0.4, -0.2) is 19.9 Å². The molecule has 0 unspecified atom stereocenters. The van der Waals surface area contributed by atoms with Crippen LogP contribution in [0.5, 0.6) is 11.5 Å². The second kappa shape index (κ2) is 5.25. The third-order valence-corrected chi connectivity index (χ3v) is 3.39. The molecule has 2 aromatic carbocycles. The quantitative estimate of drug-likeness (QED) is 0.930. The fourth-order valence-electron chi connectivity index (χ4n) is 2.38. The van der Waals surface area contributed by atoms with Crippen LogP contribution in [0.2, 0.25) is 0 Å². The lowest BCUT2D eigenvalue weighted by molar-refractivity contribution is 0.413. The first-order valence-electron chi connectivity index (χ1n) is 6.44. The molecule has 4 nitrogen and oxygen atoms in total. The van der Waals surface area contributed by atoms with Crippen LogP contribution in [0.25, 0.3) is 0 Å². The van der Waals surface area contributed by atoms with Crippen molar-refractivity contribution in [2.24, 2.45) is 5.10 Å². The van der Waals surface area contributed by atoms with E-state index in [1.54, 1.807) is 14.2 Å². The predicted molar refractivity (Wildman–Crippen MR) is 78.5 cm³/mol. The van der Waals surface area contributed by atoms with E-state index in [2.05, 4.69) is 10.5 Å². The van der Waals surface area contributed by atoms with Crippen molar-refractivity contribution in [3.63, 3.8) is 0 Å². The molecule has 2 aromatic rings. The number of nitrogens with zero attached hydrogens (tertiary/aromatic N) is 1. The first kappa shape index (κ1) is 12.5. The maximum Gasteiger partial charge on any atom is 0.128 e. The van der Waals surface area contributed by atoms with E-state index < -0.39 is 0 Å². The average molecular weight is 268 g/mol. The molecule has 1 aliphatic heterocycles. The topological polar surface area (TPSA) is 42.8 Å². The Morgan fingerprint density at radius 1 is 1.00 bits per heavy atom. The molecule has 0 amide bonds. The number of hydrogen-bond donors (Lipinski definition) is 1. The number of benzene rings is 2. The molecular weight excluding hydrogens is 252 g/mol. The molecule has 1 heterocycles. The number of ether oxygens (including phenoxy) is 2. The van der Waals surface area contributed by atoms with Crippen LogP contribution in [0.4, 0.5) is 0 Å². The Balaban J connectivity index is 2.11. The van der Waals surface area contributed by atoms with Gasteiger partial charge in [0.1, 0.15) is 17.2 Å². The number of methoxy groups -OCH3 is 2. The molecule has 0 saturated heterocycles. The van der Waals surface area contributed by atoms with Crippen molar-refractivity contribution in [1.82, 2.24) is 5.43 Å². The number of para-hydroxylation sites is 1. The zero-order valence-corrected chi connectivity index (χ0v) is 11.5. The van der Waals surface area contributed by atoms with Crippen LogP contribution < -0.4 is 14.9 Å². The van der Waals surface area contributed by atoms with E-state index in [9.17, 15) is 0 Å². The van der Waals surface area contributed by atoms with Gasteiger partial charge in [0.25, 0.3) is 0 Å². The highest BCUT2D eigenvalue weighted by Gasteiger charge is 2.19. The van der Waals surface area contributed by atoms with Gasteiger partial charge in [-0.05, 0) is 35.9 Å². The van der Waals surface area contributed by atoms with Crippen molar-refractivity contribution in [1.29, 1.82) is 0 Å². The molecule has 1 N–H and O–H groups in total. The Morgan fingerprint density at radius 2 is 1.85 bits per heavy atom. The van der Waals surface area contributed by atoms with Gasteiger partial charge < -0.3 is 14.9 Å². The van der Waals surface area contributed by atoms with Crippen LogP contribution in [0.3, 0.4) is 0 Å². The monoisotopic (exact) mass is 268 g/mol. The Kier molecular flexibility index (Phi) is 3.29. The van der Waals surface area contributed by atoms with Gasteiger partial charge in [0.2, 0.25) is 0 Å². The SMILES string of the molecule is COc1ccc2c(c1)CNN=C2c1ccccc1OC. The van der Waals surface area contributed by atoms with Crippen LogP contribution >= 0.6 is 0 Å². The molecule has 0 bridgehead atoms. The molecule has 0 spiro atoms. The fourth-order valence-corrected chi connectivity index (χ4v) is 2.38. The van der Waals surface area contributed by atoms with Gasteiger partial charge in [-0.2, -0.15) is 5.10 Å². The largest absolute Gasteiger partial charge is 0.497 e. The zero-order chi connectivity index (χ0) is 13.9. The van der Waals surface area contributed by atoms with Gasteiger partial charge in [-0.25, -0.2) is 0 Å². The predicted octanol–water partition coefficient (Wildman–Crippen LogP) is 2.56. The van der Waals surface area contributed by atoms with Crippen LogP contribution in [0.15, 0.2) is 47.6 Å². The summed E-state index contributed by atoms with van der Waals surface area (Å²) in [5.41, 5.74) is 7.22. The lowest BCUT2D eigenvalue weighted by Gasteiger charge is -2.20. The van der Waals surface area contributed by atoms with Gasteiger partial charge >= 0.3 is 0 Å². The summed E-state index contributed by atoms with van der Waals surface area (Å²) in [5, 5.41) is 4.45. The van der Waals surface area contributed by atoms with E-state index in [0.29, 0.717) is 6.54 Å². The first-order chi connectivity index (χ1) is 9.83. The minimum atomic E-state index is 0.700. The summed E-state index contributed by atoms with van der Waals surface area (Å²) in [7, 11) is 3.35. The van der Waals surface area contributed by atoms with E-state index in [4.69, 9.17) is 9.47 Å². The Hall–Kier alpha value is -2.49. The Bertz CT molecular complexity index is 665. The van der Waals surface area contributed by atoms with Gasteiger partial charge in [-0.15, -0.1) is 0 Å². The first-order valence-corrected chi connectivity index (χ1v) is 6.44. The molecule has 20 heavy (non-hydrogen) atoms. The summed E-state index contributed by atoms with van der Waals surface area (Å²) >= 11 is 0. The second-order valence-corrected chi connectivity index (χ2v) is 4.52. The van der Waals surface area contributed by atoms with Crippen molar-refractivity contribution >= 4 is 5.71 Å². The number of fused-ring (bicyclic) bond motifs is 1. The Labute approximate surface area is 118 Å². The van der Waals surface area contributed by atoms with Gasteiger partial charge in [0.15, 0.2) is 0 Å². The van der Waals surface area contributed by atoms with Crippen LogP contribution in [-0.2, 0) is 6.54 Å². The Morgan fingerprint density at radius 3 is 2.65 bits per heavy atom. The third kappa shape index (κ3) is 2.09. The number of hydrazone groups is 1. The molecule has 0 radical (unpaired) electrons. The highest BCUT2D eigenvalue weighted by atomic mass is 16.5. The minimum absolute atomic E-state index is 0.700. The lowest BCUT2D eigenvalue weighted by atomic mass is 9.95. The van der Waals surface area contributed by atoms with E-state index in [1.165, 1.54) is 5.56 Å². The number of rotatable bonds is 3. The van der Waals surface area contributed by atoms with Crippen LogP contribution in [0.1, 0.15) is 16.7 Å². The van der Waals surface area contributed by atoms with Gasteiger partial charge in [0, 0.05) is 11.1 Å². The van der Waals surface area contributed by atoms with Crippen molar-refractivity contribution in [3.05, 3.63) is 59.2 Å². The molecular formula is C16H16N2O2. The molecule has 4 heteroatoms. The summed E-state index contributed by atoms with van der Waals surface area (Å²) in [6.45, 7) is 0.700. The molecule has 0 fully saturated rings. The van der Waals surface area contributed by atoms with Crippen molar-refractivity contribution in [2.75, 3.05) is 14.2 Å². The molecule has 102 valence electrons. The summed E-state index contributed by atoms with van der Waals surface area (Å²) in [4.78, 5) is 0. The molecule has 0 aromatic heterocycles. The molecule has 1 aliphatic rings. The van der Waals surface area contributed by atoms with E-state index >= 15 is 0 Å². The second-order valence-electron chi connectivity index (χ2n) is 4.52. The summed E-state index contributed by atoms with van der Waals surface area (Å²) in [6.07, 6.45) is 0. The van der Waals surface area contributed by atoms with Crippen molar-refractivity contribution in [2.45, 2.75) is 6.54 Å². The summed E-state index contributed by atoms with van der Waals surface area (Å²) < 4.78 is 10.7. The highest BCUT2D eigenvalue weighted by molar-refractivity contribution is 6.15. The number of nitrogens with one attached hydrogen (secondary N) is 1. The zero-order valence-electron chi connectivity index (χ0n) is 11.5. The maximum absolute atomic E-state index is 5.43. The average Bonchev–Trinajstić information content (AvgIpc) is 2.53. The lowest BCUT2D eigenvalue weighted by Crippen LogP contribution is -2.21. The maximum atomic E-state index is 5.43. The smallest absolute Gasteiger partial charge is 0.128 e. The molecule has 0 saturated carbocycles. The normalized spacial score (nSPS) is 13.0. The van der Waals surface area contributed by atoms with Crippen molar-refractivity contribution < 1.29 is 9.47 Å². The molecule has 3 rings (SSSR count). The van der Waals surface area contributed by atoms with Crippen LogP contribution in [0, 0.1) is 0 Å². The molecule has 0 atom stereocenters. The minimum Gasteiger partial charge on any atom is -0.497 e. The van der Waals surface area contributed by atoms with Gasteiger partial charge in [-0.3, -0.25) is 0 Å². The van der Waals surface area contributed by atoms with E-state index in [-0.39, 0.29) is 0 Å². The summed E-state index contributed by atoms with van der Waals surface area (Å²) in [5.74, 6) is 1.67. The highest BCUT2D eigenvalue weighted by Crippen LogP contribution is 2.27. The molecule has 0 aliphatic carbocycles. The van der Waals surface area contributed by atoms with Gasteiger partial charge in [0.05, 0.1) is 20.8 Å². The third-order valence-electron chi connectivity index (χ3n) is 3.39.